The lowest BCUT2D eigenvalue weighted by molar-refractivity contribution is -0.258. The van der Waals surface area contributed by atoms with Gasteiger partial charge in [0.25, 0.3) is 0 Å². The first-order chi connectivity index (χ1) is 8.67. The molecule has 0 radical (unpaired) electrons. The summed E-state index contributed by atoms with van der Waals surface area (Å²) >= 11 is 0. The number of nitrogens with zero attached hydrogens (tertiary/aromatic N) is 1. The molecule has 1 rings (SSSR count). The molecule has 1 aromatic rings. The lowest BCUT2D eigenvalue weighted by atomic mass is 9.95. The maximum absolute atomic E-state index is 13.8. The molecule has 3 N–H and O–H groups in total. The van der Waals surface area contributed by atoms with Crippen LogP contribution >= 0.6 is 0 Å². The Bertz CT molecular complexity index is 542. The van der Waals surface area contributed by atoms with Gasteiger partial charge in [0.05, 0.1) is 6.07 Å². The number of benzene rings is 1. The van der Waals surface area contributed by atoms with Crippen molar-refractivity contribution in [2.45, 2.75) is 39.2 Å². The average Bonchev–Trinajstić information content (AvgIpc) is 2.27. The minimum atomic E-state index is -1.13. The summed E-state index contributed by atoms with van der Waals surface area (Å²) in [7, 11) is 0. The van der Waals surface area contributed by atoms with Gasteiger partial charge < -0.3 is 10.5 Å². The molecule has 0 aliphatic carbocycles. The fourth-order valence-electron chi connectivity index (χ4n) is 1.68. The molecule has 1 aromatic carbocycles. The van der Waals surface area contributed by atoms with Crippen LogP contribution < -0.4 is 5.73 Å². The van der Waals surface area contributed by atoms with Crippen LogP contribution in [0, 0.1) is 24.1 Å². The van der Waals surface area contributed by atoms with Crippen LogP contribution in [-0.2, 0) is 9.53 Å². The molecule has 0 fully saturated rings. The lowest BCUT2D eigenvalue weighted by Crippen LogP contribution is -2.41. The molecule has 5 heteroatoms. The molecule has 0 amide bonds. The second kappa shape index (κ2) is 5.37. The van der Waals surface area contributed by atoms with E-state index < -0.39 is 23.3 Å². The Morgan fingerprint density at radius 2 is 2.05 bits per heavy atom. The number of carbonyl (C=O) groups excluding carboxylic acids is 1. The fourth-order valence-corrected chi connectivity index (χ4v) is 1.68. The Morgan fingerprint density at radius 1 is 1.47 bits per heavy atom. The van der Waals surface area contributed by atoms with E-state index in [9.17, 15) is 9.18 Å². The van der Waals surface area contributed by atoms with E-state index in [0.717, 1.165) is 0 Å². The maximum atomic E-state index is 13.8. The summed E-state index contributed by atoms with van der Waals surface area (Å²) in [5, 5.41) is 9.14. The van der Waals surface area contributed by atoms with E-state index in [1.54, 1.807) is 26.8 Å². The summed E-state index contributed by atoms with van der Waals surface area (Å²) in [5.41, 5.74) is 3.66. The molecule has 19 heavy (non-hydrogen) atoms. The van der Waals surface area contributed by atoms with Crippen LogP contribution in [0.15, 0.2) is 12.1 Å². The molecule has 102 valence electrons. The smallest absolute Gasteiger partial charge is 0.328 e. The van der Waals surface area contributed by atoms with Crippen LogP contribution in [0.3, 0.4) is 0 Å². The van der Waals surface area contributed by atoms with Crippen molar-refractivity contribution >= 4 is 11.7 Å². The molecule has 0 spiro atoms. The third-order valence-electron chi connectivity index (χ3n) is 2.59. The van der Waals surface area contributed by atoms with Gasteiger partial charge in [0.15, 0.2) is 17.4 Å². The summed E-state index contributed by atoms with van der Waals surface area (Å²) in [6.07, 6.45) is 0. The third kappa shape index (κ3) is 3.52. The van der Waals surface area contributed by atoms with Crippen molar-refractivity contribution in [3.8, 4) is 6.07 Å². The van der Waals surface area contributed by atoms with Gasteiger partial charge in [-0.15, -0.1) is 0 Å². The second-order valence-corrected chi connectivity index (χ2v) is 5.35. The van der Waals surface area contributed by atoms with Gasteiger partial charge >= 0.3 is 5.97 Å². The quantitative estimate of drug-likeness (QED) is 0.830. The standard InChI is InChI=1S/C14H17FN2O2/c1-8-9(5-6-11(17)12(8)15)10(7-16)13(18)19-14(2,3)4/h5-6,10H,17H2,1-4H3/p+1. The van der Waals surface area contributed by atoms with Crippen LogP contribution in [0.5, 0.6) is 0 Å². The summed E-state index contributed by atoms with van der Waals surface area (Å²) < 4.78 is 18.9. The summed E-state index contributed by atoms with van der Waals surface area (Å²) in [6.45, 7) is 6.66. The van der Waals surface area contributed by atoms with Crippen molar-refractivity contribution < 1.29 is 19.7 Å². The minimum absolute atomic E-state index is 0.238. The van der Waals surface area contributed by atoms with Crippen LogP contribution in [0.1, 0.15) is 37.8 Å². The van der Waals surface area contributed by atoms with Gasteiger partial charge in [0, 0.05) is 6.07 Å². The van der Waals surface area contributed by atoms with E-state index in [1.165, 1.54) is 13.0 Å². The second-order valence-electron chi connectivity index (χ2n) is 5.35. The Balaban J connectivity index is 3.16. The molecule has 1 unspecified atom stereocenters. The predicted octanol–water partition coefficient (Wildman–Crippen LogP) is 1.96. The molecule has 0 saturated carbocycles. The first kappa shape index (κ1) is 15.1. The molecule has 1 atom stereocenters. The zero-order chi connectivity index (χ0) is 14.8. The normalized spacial score (nSPS) is 12.7. The molecular formula is C14H18FN2O2+. The Kier molecular flexibility index (Phi) is 4.28. The van der Waals surface area contributed by atoms with Crippen LogP contribution in [-0.4, -0.2) is 11.6 Å². The van der Waals surface area contributed by atoms with E-state index in [4.69, 9.17) is 10.00 Å². The van der Waals surface area contributed by atoms with Crippen molar-refractivity contribution in [2.24, 2.45) is 0 Å². The zero-order valence-electron chi connectivity index (χ0n) is 11.6. The third-order valence-corrected chi connectivity index (χ3v) is 2.59. The van der Waals surface area contributed by atoms with Crippen LogP contribution in [0.2, 0.25) is 0 Å². The molecule has 0 heterocycles. The van der Waals surface area contributed by atoms with Gasteiger partial charge in [-0.25, -0.2) is 4.39 Å². The number of hydrogen-bond donors (Lipinski definition) is 1. The Hall–Kier alpha value is -1.93. The minimum Gasteiger partial charge on any atom is -0.459 e. The van der Waals surface area contributed by atoms with Gasteiger partial charge in [-0.3, -0.25) is 4.79 Å². The monoisotopic (exact) mass is 265 g/mol. The molecule has 4 nitrogen and oxygen atoms in total. The zero-order valence-corrected chi connectivity index (χ0v) is 11.6. The first-order valence-corrected chi connectivity index (χ1v) is 5.91. The van der Waals surface area contributed by atoms with Crippen molar-refractivity contribution in [1.29, 1.82) is 5.26 Å². The van der Waals surface area contributed by atoms with Crippen molar-refractivity contribution in [3.63, 3.8) is 0 Å². The summed E-state index contributed by atoms with van der Waals surface area (Å²) in [6, 6.07) is 4.86. The number of nitriles is 1. The van der Waals surface area contributed by atoms with Gasteiger partial charge in [0.1, 0.15) is 5.60 Å². The number of carbonyl (C=O) groups is 1. The van der Waals surface area contributed by atoms with Gasteiger partial charge in [-0.2, -0.15) is 5.26 Å². The number of rotatable bonds is 2. The number of ether oxygens (including phenoxy) is 1. The van der Waals surface area contributed by atoms with E-state index in [0.29, 0.717) is 5.56 Å². The Morgan fingerprint density at radius 3 is 2.53 bits per heavy atom. The summed E-state index contributed by atoms with van der Waals surface area (Å²) in [4.78, 5) is 12.0. The predicted molar refractivity (Wildman–Crippen MR) is 67.9 cm³/mol. The van der Waals surface area contributed by atoms with Gasteiger partial charge in [0.2, 0.25) is 0 Å². The van der Waals surface area contributed by atoms with E-state index >= 15 is 0 Å². The summed E-state index contributed by atoms with van der Waals surface area (Å²) in [5.74, 6) is -2.30. The highest BCUT2D eigenvalue weighted by Crippen LogP contribution is 2.26. The van der Waals surface area contributed by atoms with Crippen molar-refractivity contribution in [3.05, 3.63) is 29.1 Å². The average molecular weight is 265 g/mol. The number of quaternary nitrogens is 1. The van der Waals surface area contributed by atoms with Crippen molar-refractivity contribution in [2.75, 3.05) is 0 Å². The topological polar surface area (TPSA) is 77.7 Å². The SMILES string of the molecule is Cc1c(C(C#N)C(=O)OC(C)(C)C)ccc([NH3+])c1F. The highest BCUT2D eigenvalue weighted by atomic mass is 19.1. The maximum Gasteiger partial charge on any atom is 0.328 e. The number of esters is 1. The molecular weight excluding hydrogens is 247 g/mol. The highest BCUT2D eigenvalue weighted by Gasteiger charge is 2.29. The van der Waals surface area contributed by atoms with Gasteiger partial charge in [-0.1, -0.05) is 6.07 Å². The van der Waals surface area contributed by atoms with Gasteiger partial charge in [-0.05, 0) is 38.8 Å². The van der Waals surface area contributed by atoms with E-state index in [1.807, 2.05) is 6.07 Å². The fraction of sp³-hybridized carbons (Fsp3) is 0.429. The first-order valence-electron chi connectivity index (χ1n) is 5.91. The lowest BCUT2D eigenvalue weighted by Gasteiger charge is -2.22. The molecule has 0 aliphatic rings. The number of halogens is 1. The Labute approximate surface area is 112 Å². The van der Waals surface area contributed by atoms with E-state index in [2.05, 4.69) is 5.73 Å². The van der Waals surface area contributed by atoms with Crippen molar-refractivity contribution in [1.82, 2.24) is 0 Å². The largest absolute Gasteiger partial charge is 0.459 e. The van der Waals surface area contributed by atoms with Crippen LogP contribution in [0.25, 0.3) is 0 Å². The molecule has 0 bridgehead atoms. The highest BCUT2D eigenvalue weighted by molar-refractivity contribution is 5.82. The van der Waals surface area contributed by atoms with E-state index in [-0.39, 0.29) is 11.3 Å². The van der Waals surface area contributed by atoms with Crippen LogP contribution in [0.4, 0.5) is 10.1 Å². The molecule has 0 aromatic heterocycles. The molecule has 0 aliphatic heterocycles. The molecule has 0 saturated heterocycles. The number of hydrogen-bond acceptors (Lipinski definition) is 3.